The number of carbonyl (C=O) groups excluding carboxylic acids is 2. The third kappa shape index (κ3) is 2.80. The van der Waals surface area contributed by atoms with Gasteiger partial charge in [-0.25, -0.2) is 4.39 Å². The van der Waals surface area contributed by atoms with Gasteiger partial charge < -0.3 is 11.1 Å². The van der Waals surface area contributed by atoms with Crippen LogP contribution in [0.4, 0.5) is 10.1 Å². The Kier molecular flexibility index (Phi) is 4.35. The molecule has 0 heterocycles. The van der Waals surface area contributed by atoms with Crippen molar-refractivity contribution in [2.24, 2.45) is 5.73 Å². The zero-order valence-electron chi connectivity index (χ0n) is 11.7. The lowest BCUT2D eigenvalue weighted by molar-refractivity contribution is -0.114. The number of rotatable bonds is 2. The zero-order chi connectivity index (χ0) is 14.4. The lowest BCUT2D eigenvalue weighted by Crippen LogP contribution is -2.36. The van der Waals surface area contributed by atoms with E-state index in [1.807, 2.05) is 0 Å². The SMILES string of the molecule is CC(=O)Nc1cc(F)c(C2CC2)c2c1C(=O)C(N)CC2.Cl. The molecule has 0 aliphatic heterocycles. The van der Waals surface area contributed by atoms with Gasteiger partial charge in [0.05, 0.1) is 11.7 Å². The van der Waals surface area contributed by atoms with Crippen molar-refractivity contribution in [3.8, 4) is 0 Å². The van der Waals surface area contributed by atoms with Crippen molar-refractivity contribution in [3.63, 3.8) is 0 Å². The second-order valence-electron chi connectivity index (χ2n) is 5.64. The minimum absolute atomic E-state index is 0. The average Bonchev–Trinajstić information content (AvgIpc) is 3.17. The standard InChI is InChI=1S/C15H17FN2O2.ClH/c1-7(19)18-12-6-10(16)13(8-2-3-8)9-4-5-11(17)15(20)14(9)12;/h6,8,11H,2-5,17H2,1H3,(H,18,19);1H. The summed E-state index contributed by atoms with van der Waals surface area (Å²) in [6, 6.07) is 0.705. The molecule has 3 rings (SSSR count). The number of hydrogen-bond donors (Lipinski definition) is 2. The quantitative estimate of drug-likeness (QED) is 0.881. The molecule has 4 nitrogen and oxygen atoms in total. The first kappa shape index (κ1) is 15.9. The maximum Gasteiger partial charge on any atom is 0.221 e. The highest BCUT2D eigenvalue weighted by Crippen LogP contribution is 2.46. The number of halogens is 2. The Bertz CT molecular complexity index is 614. The van der Waals surface area contributed by atoms with Crippen LogP contribution in [0.25, 0.3) is 0 Å². The lowest BCUT2D eigenvalue weighted by atomic mass is 9.82. The molecule has 2 aliphatic rings. The molecule has 1 atom stereocenters. The van der Waals surface area contributed by atoms with E-state index >= 15 is 0 Å². The molecule has 0 saturated heterocycles. The third-order valence-electron chi connectivity index (χ3n) is 4.01. The van der Waals surface area contributed by atoms with Crippen LogP contribution in [0, 0.1) is 5.82 Å². The number of nitrogens with one attached hydrogen (secondary N) is 1. The highest BCUT2D eigenvalue weighted by molar-refractivity contribution is 6.09. The summed E-state index contributed by atoms with van der Waals surface area (Å²) in [6.07, 6.45) is 3.05. The summed E-state index contributed by atoms with van der Waals surface area (Å²) < 4.78 is 14.3. The average molecular weight is 313 g/mol. The molecule has 1 amide bonds. The summed E-state index contributed by atoms with van der Waals surface area (Å²) in [4.78, 5) is 23.6. The van der Waals surface area contributed by atoms with Crippen LogP contribution in [0.2, 0.25) is 0 Å². The van der Waals surface area contributed by atoms with Gasteiger partial charge in [0, 0.05) is 12.5 Å². The minimum Gasteiger partial charge on any atom is -0.326 e. The normalized spacial score (nSPS) is 20.5. The topological polar surface area (TPSA) is 72.2 Å². The van der Waals surface area contributed by atoms with Gasteiger partial charge in [0.2, 0.25) is 5.91 Å². The number of nitrogens with two attached hydrogens (primary N) is 1. The number of fused-ring (bicyclic) bond motifs is 1. The fraction of sp³-hybridized carbons (Fsp3) is 0.467. The number of Topliss-reactive ketones (excluding diaryl/α,β-unsaturated/α-hetero) is 1. The first-order valence-electron chi connectivity index (χ1n) is 6.91. The predicted octanol–water partition coefficient (Wildman–Crippen LogP) is 2.54. The molecule has 0 bridgehead atoms. The van der Waals surface area contributed by atoms with Crippen molar-refractivity contribution in [1.82, 2.24) is 0 Å². The Labute approximate surface area is 128 Å². The highest BCUT2D eigenvalue weighted by Gasteiger charge is 2.36. The Balaban J connectivity index is 0.00000161. The molecular weight excluding hydrogens is 295 g/mol. The molecule has 21 heavy (non-hydrogen) atoms. The molecule has 6 heteroatoms. The minimum atomic E-state index is -0.562. The number of benzene rings is 1. The van der Waals surface area contributed by atoms with Gasteiger partial charge in [-0.3, -0.25) is 9.59 Å². The summed E-state index contributed by atoms with van der Waals surface area (Å²) >= 11 is 0. The van der Waals surface area contributed by atoms with Crippen molar-refractivity contribution >= 4 is 29.8 Å². The number of hydrogen-bond acceptors (Lipinski definition) is 3. The first-order valence-corrected chi connectivity index (χ1v) is 6.91. The van der Waals surface area contributed by atoms with E-state index in [-0.39, 0.29) is 41.5 Å². The van der Waals surface area contributed by atoms with Gasteiger partial charge in [-0.2, -0.15) is 0 Å². The van der Waals surface area contributed by atoms with Crippen LogP contribution in [0.1, 0.15) is 53.6 Å². The van der Waals surface area contributed by atoms with Gasteiger partial charge in [-0.15, -0.1) is 12.4 Å². The lowest BCUT2D eigenvalue weighted by Gasteiger charge is -2.25. The molecule has 1 saturated carbocycles. The maximum absolute atomic E-state index is 14.3. The van der Waals surface area contributed by atoms with Crippen LogP contribution in [0.5, 0.6) is 0 Å². The molecule has 0 aromatic heterocycles. The van der Waals surface area contributed by atoms with Gasteiger partial charge >= 0.3 is 0 Å². The smallest absolute Gasteiger partial charge is 0.221 e. The van der Waals surface area contributed by atoms with Crippen molar-refractivity contribution < 1.29 is 14.0 Å². The van der Waals surface area contributed by atoms with Crippen molar-refractivity contribution in [2.45, 2.75) is 44.6 Å². The number of anilines is 1. The van der Waals surface area contributed by atoms with Crippen molar-refractivity contribution in [2.75, 3.05) is 5.32 Å². The molecular formula is C15H18ClFN2O2. The van der Waals surface area contributed by atoms with Crippen LogP contribution >= 0.6 is 12.4 Å². The summed E-state index contributed by atoms with van der Waals surface area (Å²) in [5, 5.41) is 2.56. The van der Waals surface area contributed by atoms with Crippen LogP contribution in [0.15, 0.2) is 6.07 Å². The summed E-state index contributed by atoms with van der Waals surface area (Å²) in [6.45, 7) is 1.34. The van der Waals surface area contributed by atoms with E-state index < -0.39 is 6.04 Å². The first-order chi connectivity index (χ1) is 9.49. The molecule has 114 valence electrons. The van der Waals surface area contributed by atoms with E-state index in [4.69, 9.17) is 5.73 Å². The fourth-order valence-corrected chi connectivity index (χ4v) is 2.98. The monoisotopic (exact) mass is 312 g/mol. The predicted molar refractivity (Wildman–Crippen MR) is 80.6 cm³/mol. The van der Waals surface area contributed by atoms with Crippen molar-refractivity contribution in [1.29, 1.82) is 0 Å². The van der Waals surface area contributed by atoms with Crippen LogP contribution in [-0.4, -0.2) is 17.7 Å². The molecule has 3 N–H and O–H groups in total. The van der Waals surface area contributed by atoms with Gasteiger partial charge in [-0.05, 0) is 48.8 Å². The molecule has 0 spiro atoms. The van der Waals surface area contributed by atoms with E-state index in [9.17, 15) is 14.0 Å². The summed E-state index contributed by atoms with van der Waals surface area (Å²) in [7, 11) is 0. The summed E-state index contributed by atoms with van der Waals surface area (Å²) in [5.41, 5.74) is 7.91. The highest BCUT2D eigenvalue weighted by atomic mass is 35.5. The van der Waals surface area contributed by atoms with Gasteiger partial charge in [0.1, 0.15) is 5.82 Å². The van der Waals surface area contributed by atoms with E-state index in [0.29, 0.717) is 24.0 Å². The fourth-order valence-electron chi connectivity index (χ4n) is 2.98. The molecule has 2 aliphatic carbocycles. The Morgan fingerprint density at radius 2 is 2.05 bits per heavy atom. The van der Waals surface area contributed by atoms with Gasteiger partial charge in [-0.1, -0.05) is 0 Å². The largest absolute Gasteiger partial charge is 0.326 e. The van der Waals surface area contributed by atoms with Crippen LogP contribution in [-0.2, 0) is 11.2 Å². The number of amides is 1. The molecule has 0 radical (unpaired) electrons. The zero-order valence-corrected chi connectivity index (χ0v) is 12.6. The Hall–Kier alpha value is -1.46. The van der Waals surface area contributed by atoms with E-state index in [0.717, 1.165) is 18.4 Å². The van der Waals surface area contributed by atoms with E-state index in [1.54, 1.807) is 0 Å². The van der Waals surface area contributed by atoms with Crippen molar-refractivity contribution in [3.05, 3.63) is 28.6 Å². The Morgan fingerprint density at radius 1 is 1.38 bits per heavy atom. The Morgan fingerprint density at radius 3 is 2.62 bits per heavy atom. The van der Waals surface area contributed by atoms with E-state index in [2.05, 4.69) is 5.32 Å². The maximum atomic E-state index is 14.3. The van der Waals surface area contributed by atoms with E-state index in [1.165, 1.54) is 13.0 Å². The molecule has 1 aromatic carbocycles. The van der Waals surface area contributed by atoms with Gasteiger partial charge in [0.25, 0.3) is 0 Å². The third-order valence-corrected chi connectivity index (χ3v) is 4.01. The summed E-state index contributed by atoms with van der Waals surface area (Å²) in [5.74, 6) is -0.620. The molecule has 1 unspecified atom stereocenters. The van der Waals surface area contributed by atoms with Crippen LogP contribution < -0.4 is 11.1 Å². The van der Waals surface area contributed by atoms with Gasteiger partial charge in [0.15, 0.2) is 5.78 Å². The molecule has 1 aromatic rings. The van der Waals surface area contributed by atoms with Crippen LogP contribution in [0.3, 0.4) is 0 Å². The second kappa shape index (κ2) is 5.73. The number of carbonyl (C=O) groups is 2. The second-order valence-corrected chi connectivity index (χ2v) is 5.64. The molecule has 1 fully saturated rings. The number of ketones is 1.